The number of ether oxygens (including phenoxy) is 4. The van der Waals surface area contributed by atoms with E-state index in [2.05, 4.69) is 24.7 Å². The number of sulfonamides is 1. The van der Waals surface area contributed by atoms with Crippen LogP contribution in [-0.4, -0.2) is 56.0 Å². The highest BCUT2D eigenvalue weighted by molar-refractivity contribution is 7.92. The third-order valence-electron chi connectivity index (χ3n) is 5.17. The third kappa shape index (κ3) is 5.62. The Morgan fingerprint density at radius 2 is 1.55 bits per heavy atom. The molecule has 4 rings (SSSR count). The van der Waals surface area contributed by atoms with E-state index in [0.29, 0.717) is 23.3 Å². The van der Waals surface area contributed by atoms with Crippen molar-refractivity contribution in [2.75, 3.05) is 26.1 Å². The average Bonchev–Trinajstić information content (AvgIpc) is 2.94. The Morgan fingerprint density at radius 3 is 2.21 bits per heavy atom. The number of aromatic nitrogens is 4. The fourth-order valence-electron chi connectivity index (χ4n) is 3.41. The maximum absolute atomic E-state index is 13.5. The number of nitrogens with zero attached hydrogens (tertiary/aromatic N) is 4. The summed E-state index contributed by atoms with van der Waals surface area (Å²) in [4.78, 5) is 27.9. The average molecular weight is 538 g/mol. The lowest BCUT2D eigenvalue weighted by Crippen LogP contribution is -2.16. The Labute approximate surface area is 218 Å². The number of methoxy groups -OCH3 is 3. The molecule has 0 unspecified atom stereocenters. The van der Waals surface area contributed by atoms with Crippen molar-refractivity contribution in [3.63, 3.8) is 0 Å². The fourth-order valence-corrected chi connectivity index (χ4v) is 4.47. The molecule has 0 saturated carbocycles. The summed E-state index contributed by atoms with van der Waals surface area (Å²) >= 11 is 0. The number of hydrogen-bond donors (Lipinski definition) is 1. The smallest absolute Gasteiger partial charge is 0.263 e. The van der Waals surface area contributed by atoms with Gasteiger partial charge in [0.15, 0.2) is 23.1 Å². The van der Waals surface area contributed by atoms with Gasteiger partial charge in [-0.15, -0.1) is 0 Å². The zero-order valence-electron chi connectivity index (χ0n) is 20.6. The Bertz CT molecular complexity index is 1550. The summed E-state index contributed by atoms with van der Waals surface area (Å²) in [7, 11) is -0.00850. The largest absolute Gasteiger partial charge is 0.496 e. The molecule has 0 amide bonds. The quantitative estimate of drug-likeness (QED) is 0.281. The number of rotatable bonds is 11. The second-order valence-corrected chi connectivity index (χ2v) is 9.19. The van der Waals surface area contributed by atoms with Gasteiger partial charge in [-0.3, -0.25) is 4.72 Å². The summed E-state index contributed by atoms with van der Waals surface area (Å²) in [6.45, 7) is 0. The van der Waals surface area contributed by atoms with Crippen LogP contribution in [0, 0.1) is 0 Å². The van der Waals surface area contributed by atoms with Gasteiger partial charge in [-0.25, -0.2) is 23.4 Å². The van der Waals surface area contributed by atoms with Gasteiger partial charge in [-0.05, 0) is 36.4 Å². The molecule has 13 heteroatoms. The van der Waals surface area contributed by atoms with E-state index in [1.54, 1.807) is 30.3 Å². The molecule has 2 aromatic carbocycles. The van der Waals surface area contributed by atoms with E-state index >= 15 is 0 Å². The van der Waals surface area contributed by atoms with Gasteiger partial charge in [-0.2, -0.15) is 4.98 Å². The van der Waals surface area contributed by atoms with Crippen molar-refractivity contribution in [1.82, 2.24) is 19.9 Å². The molecule has 2 aromatic heterocycles. The Morgan fingerprint density at radius 1 is 0.842 bits per heavy atom. The van der Waals surface area contributed by atoms with Crippen molar-refractivity contribution in [1.29, 1.82) is 0 Å². The summed E-state index contributed by atoms with van der Waals surface area (Å²) in [6, 6.07) is 12.5. The van der Waals surface area contributed by atoms with E-state index < -0.39 is 10.0 Å². The zero-order valence-corrected chi connectivity index (χ0v) is 21.4. The molecule has 1 N–H and O–H groups in total. The Hall–Kier alpha value is -4.78. The minimum absolute atomic E-state index is 0.0103. The normalized spacial score (nSPS) is 10.9. The predicted octanol–water partition coefficient (Wildman–Crippen LogP) is 3.29. The summed E-state index contributed by atoms with van der Waals surface area (Å²) in [5.41, 5.74) is 0.398. The van der Waals surface area contributed by atoms with Crippen LogP contribution in [-0.2, 0) is 21.2 Å². The molecule has 196 valence electrons. The maximum Gasteiger partial charge on any atom is 0.263 e. The molecule has 0 saturated heterocycles. The SMILES string of the molecule is COc1ccc(S(=O)(=O)Nc2nc(-c3ncccn3)nc(OC)c2Oc2ccccc2OC)cc1CC=O. The second-order valence-electron chi connectivity index (χ2n) is 7.51. The molecule has 0 aliphatic rings. The van der Waals surface area contributed by atoms with Crippen LogP contribution < -0.4 is 23.7 Å². The molecule has 0 atom stereocenters. The number of para-hydroxylation sites is 2. The van der Waals surface area contributed by atoms with Gasteiger partial charge in [0, 0.05) is 24.4 Å². The maximum atomic E-state index is 13.5. The highest BCUT2D eigenvalue weighted by Crippen LogP contribution is 2.41. The molecular weight excluding hydrogens is 514 g/mol. The van der Waals surface area contributed by atoms with Crippen LogP contribution in [0.15, 0.2) is 65.8 Å². The molecule has 0 spiro atoms. The van der Waals surface area contributed by atoms with Gasteiger partial charge in [-0.1, -0.05) is 12.1 Å². The number of nitrogens with one attached hydrogen (secondary N) is 1. The summed E-state index contributed by atoms with van der Waals surface area (Å²) < 4.78 is 51.4. The fraction of sp³-hybridized carbons (Fsp3) is 0.160. The monoisotopic (exact) mass is 537 g/mol. The molecule has 12 nitrogen and oxygen atoms in total. The van der Waals surface area contributed by atoms with Crippen molar-refractivity contribution >= 4 is 22.1 Å². The standard InChI is InChI=1S/C25H23N5O7S/c1-34-18-10-9-17(15-16(18)11-14-31)38(32,33)30-22-21(37-20-8-5-4-7-19(20)35-2)25(36-3)29-24(28-22)23-26-12-6-13-27-23/h4-10,12-15H,11H2,1-3H3,(H,28,29,30). The van der Waals surface area contributed by atoms with Crippen molar-refractivity contribution in [3.05, 3.63) is 66.5 Å². The molecular formula is C25H23N5O7S. The highest BCUT2D eigenvalue weighted by atomic mass is 32.2. The van der Waals surface area contributed by atoms with Gasteiger partial charge in [0.2, 0.25) is 11.6 Å². The van der Waals surface area contributed by atoms with E-state index in [4.69, 9.17) is 18.9 Å². The minimum atomic E-state index is -4.25. The van der Waals surface area contributed by atoms with Crippen molar-refractivity contribution in [2.24, 2.45) is 0 Å². The first-order chi connectivity index (χ1) is 18.4. The molecule has 0 aliphatic carbocycles. The van der Waals surface area contributed by atoms with Crippen LogP contribution in [0.25, 0.3) is 11.6 Å². The van der Waals surface area contributed by atoms with Gasteiger partial charge < -0.3 is 23.7 Å². The zero-order chi connectivity index (χ0) is 27.1. The van der Waals surface area contributed by atoms with E-state index in [1.165, 1.54) is 51.9 Å². The molecule has 2 heterocycles. The molecule has 4 aromatic rings. The summed E-state index contributed by atoms with van der Waals surface area (Å²) in [6.07, 6.45) is 3.61. The van der Waals surface area contributed by atoms with E-state index in [9.17, 15) is 13.2 Å². The minimum Gasteiger partial charge on any atom is -0.496 e. The first kappa shape index (κ1) is 26.3. The Kier molecular flexibility index (Phi) is 7.97. The van der Waals surface area contributed by atoms with Gasteiger partial charge in [0.1, 0.15) is 12.0 Å². The summed E-state index contributed by atoms with van der Waals surface area (Å²) in [5, 5.41) is 0. The predicted molar refractivity (Wildman–Crippen MR) is 136 cm³/mol. The number of hydrogen-bond acceptors (Lipinski definition) is 11. The molecule has 0 bridgehead atoms. The van der Waals surface area contributed by atoms with Crippen LogP contribution in [0.3, 0.4) is 0 Å². The number of carbonyl (C=O) groups excluding carboxylic acids is 1. The first-order valence-electron chi connectivity index (χ1n) is 11.1. The molecule has 38 heavy (non-hydrogen) atoms. The number of anilines is 1. The van der Waals surface area contributed by atoms with Gasteiger partial charge >= 0.3 is 0 Å². The van der Waals surface area contributed by atoms with Crippen LogP contribution in [0.5, 0.6) is 28.9 Å². The van der Waals surface area contributed by atoms with Crippen molar-refractivity contribution in [2.45, 2.75) is 11.3 Å². The topological polar surface area (TPSA) is 152 Å². The second kappa shape index (κ2) is 11.5. The molecule has 0 aliphatic heterocycles. The van der Waals surface area contributed by atoms with Gasteiger partial charge in [0.05, 0.1) is 26.2 Å². The molecule has 0 fully saturated rings. The summed E-state index contributed by atoms with van der Waals surface area (Å²) in [5.74, 6) is 0.703. The van der Waals surface area contributed by atoms with Crippen LogP contribution in [0.1, 0.15) is 5.56 Å². The number of aldehydes is 1. The van der Waals surface area contributed by atoms with Crippen LogP contribution in [0.2, 0.25) is 0 Å². The third-order valence-corrected chi connectivity index (χ3v) is 6.51. The van der Waals surface area contributed by atoms with E-state index in [1.807, 2.05) is 0 Å². The van der Waals surface area contributed by atoms with E-state index in [-0.39, 0.29) is 46.2 Å². The van der Waals surface area contributed by atoms with Crippen LogP contribution in [0.4, 0.5) is 5.82 Å². The van der Waals surface area contributed by atoms with Crippen LogP contribution >= 0.6 is 0 Å². The lowest BCUT2D eigenvalue weighted by molar-refractivity contribution is -0.107. The first-order valence-corrected chi connectivity index (χ1v) is 12.6. The lowest BCUT2D eigenvalue weighted by atomic mass is 10.1. The van der Waals surface area contributed by atoms with Gasteiger partial charge in [0.25, 0.3) is 15.9 Å². The number of benzene rings is 2. The Balaban J connectivity index is 1.85. The van der Waals surface area contributed by atoms with Crippen molar-refractivity contribution < 1.29 is 32.2 Å². The van der Waals surface area contributed by atoms with E-state index in [0.717, 1.165) is 0 Å². The lowest BCUT2D eigenvalue weighted by Gasteiger charge is -2.17. The van der Waals surface area contributed by atoms with Crippen molar-refractivity contribution in [3.8, 4) is 40.5 Å². The number of carbonyl (C=O) groups is 1. The highest BCUT2D eigenvalue weighted by Gasteiger charge is 2.26. The molecule has 0 radical (unpaired) electrons.